The van der Waals surface area contributed by atoms with Crippen LogP contribution >= 0.6 is 27.3 Å². The van der Waals surface area contributed by atoms with Gasteiger partial charge >= 0.3 is 0 Å². The second-order valence-corrected chi connectivity index (χ2v) is 6.49. The molecule has 110 valence electrons. The van der Waals surface area contributed by atoms with Gasteiger partial charge in [0.25, 0.3) is 0 Å². The second kappa shape index (κ2) is 4.96. The zero-order chi connectivity index (χ0) is 15.3. The van der Waals surface area contributed by atoms with Crippen molar-refractivity contribution in [1.29, 1.82) is 0 Å². The van der Waals surface area contributed by atoms with Gasteiger partial charge in [-0.15, -0.1) is 10.2 Å². The molecule has 0 radical (unpaired) electrons. The number of aryl methyl sites for hydroxylation is 2. The first-order valence-corrected chi connectivity index (χ1v) is 8.08. The summed E-state index contributed by atoms with van der Waals surface area (Å²) in [6, 6.07) is 3.80. The van der Waals surface area contributed by atoms with Crippen molar-refractivity contribution in [2.24, 2.45) is 7.05 Å². The number of rotatable bonds is 2. The van der Waals surface area contributed by atoms with E-state index in [1.54, 1.807) is 16.9 Å². The molecule has 0 aliphatic heterocycles. The first-order valence-electron chi connectivity index (χ1n) is 6.47. The molecule has 0 fully saturated rings. The molecular weight excluding hydrogens is 366 g/mol. The molecule has 0 aliphatic carbocycles. The van der Waals surface area contributed by atoms with Crippen molar-refractivity contribution >= 4 is 32.2 Å². The highest BCUT2D eigenvalue weighted by Gasteiger charge is 2.20. The summed E-state index contributed by atoms with van der Waals surface area (Å²) >= 11 is 5.05. The fourth-order valence-corrected chi connectivity index (χ4v) is 3.83. The van der Waals surface area contributed by atoms with E-state index in [9.17, 15) is 0 Å². The Labute approximate surface area is 137 Å². The van der Waals surface area contributed by atoms with E-state index in [0.29, 0.717) is 5.82 Å². The minimum atomic E-state index is 0.681. The van der Waals surface area contributed by atoms with Crippen molar-refractivity contribution in [3.8, 4) is 22.1 Å². The lowest BCUT2D eigenvalue weighted by Crippen LogP contribution is -1.96. The number of halogens is 1. The van der Waals surface area contributed by atoms with Gasteiger partial charge in [0.15, 0.2) is 10.8 Å². The van der Waals surface area contributed by atoms with Crippen LogP contribution in [0.2, 0.25) is 0 Å². The van der Waals surface area contributed by atoms with Gasteiger partial charge in [-0.05, 0) is 35.0 Å². The lowest BCUT2D eigenvalue weighted by atomic mass is 10.3. The normalized spacial score (nSPS) is 11.4. The van der Waals surface area contributed by atoms with Crippen LogP contribution in [0.3, 0.4) is 0 Å². The van der Waals surface area contributed by atoms with Crippen LogP contribution in [0.5, 0.6) is 0 Å². The topological polar surface area (TPSA) is 73.8 Å². The van der Waals surface area contributed by atoms with Crippen LogP contribution < -0.4 is 0 Å². The molecule has 0 amide bonds. The van der Waals surface area contributed by atoms with E-state index in [4.69, 9.17) is 0 Å². The third kappa shape index (κ3) is 1.97. The number of fused-ring (bicyclic) bond motifs is 1. The average molecular weight is 376 g/mol. The van der Waals surface area contributed by atoms with E-state index in [1.807, 2.05) is 30.8 Å². The van der Waals surface area contributed by atoms with E-state index >= 15 is 0 Å². The third-order valence-corrected chi connectivity index (χ3v) is 5.12. The summed E-state index contributed by atoms with van der Waals surface area (Å²) in [5, 5.41) is 18.3. The maximum atomic E-state index is 4.65. The monoisotopic (exact) mass is 375 g/mol. The van der Waals surface area contributed by atoms with Crippen molar-refractivity contribution in [2.75, 3.05) is 0 Å². The number of nitrogens with zero attached hydrogens (tertiary/aromatic N) is 7. The van der Waals surface area contributed by atoms with Crippen molar-refractivity contribution in [3.05, 3.63) is 34.7 Å². The molecule has 4 heterocycles. The van der Waals surface area contributed by atoms with Crippen LogP contribution in [0.4, 0.5) is 0 Å². The van der Waals surface area contributed by atoms with Gasteiger partial charge < -0.3 is 0 Å². The zero-order valence-corrected chi connectivity index (χ0v) is 14.1. The van der Waals surface area contributed by atoms with E-state index in [0.717, 1.165) is 31.4 Å². The predicted molar refractivity (Wildman–Crippen MR) is 86.5 cm³/mol. The number of aromatic nitrogens is 7. The third-order valence-electron chi connectivity index (χ3n) is 3.26. The highest BCUT2D eigenvalue weighted by Crippen LogP contribution is 2.33. The molecule has 4 aromatic heterocycles. The predicted octanol–water partition coefficient (Wildman–Crippen LogP) is 2.72. The number of hydrogen-bond acceptors (Lipinski definition) is 6. The van der Waals surface area contributed by atoms with Gasteiger partial charge in [0.05, 0.1) is 10.2 Å². The Morgan fingerprint density at radius 3 is 2.77 bits per heavy atom. The van der Waals surface area contributed by atoms with Crippen LogP contribution in [0, 0.1) is 6.92 Å². The Hall–Kier alpha value is -2.13. The van der Waals surface area contributed by atoms with Crippen molar-refractivity contribution in [3.63, 3.8) is 0 Å². The fourth-order valence-electron chi connectivity index (χ4n) is 2.25. The van der Waals surface area contributed by atoms with E-state index in [2.05, 4.69) is 41.3 Å². The van der Waals surface area contributed by atoms with Gasteiger partial charge in [-0.1, -0.05) is 11.3 Å². The Kier molecular flexibility index (Phi) is 3.05. The highest BCUT2D eigenvalue weighted by molar-refractivity contribution is 9.10. The van der Waals surface area contributed by atoms with E-state index < -0.39 is 0 Å². The first-order chi connectivity index (χ1) is 10.6. The summed E-state index contributed by atoms with van der Waals surface area (Å²) in [6.07, 6.45) is 3.48. The summed E-state index contributed by atoms with van der Waals surface area (Å²) in [6.45, 7) is 1.95. The summed E-state index contributed by atoms with van der Waals surface area (Å²) in [5.74, 6) is 0.681. The molecule has 22 heavy (non-hydrogen) atoms. The molecule has 4 aromatic rings. The van der Waals surface area contributed by atoms with Gasteiger partial charge in [0.2, 0.25) is 4.96 Å². The zero-order valence-electron chi connectivity index (χ0n) is 11.7. The molecule has 0 bridgehead atoms. The Morgan fingerprint density at radius 1 is 1.23 bits per heavy atom. The molecule has 0 saturated carbocycles. The molecule has 4 rings (SSSR count). The van der Waals surface area contributed by atoms with Crippen LogP contribution in [0.25, 0.3) is 27.1 Å². The summed E-state index contributed by atoms with van der Waals surface area (Å²) in [7, 11) is 1.90. The quantitative estimate of drug-likeness (QED) is 0.538. The van der Waals surface area contributed by atoms with Crippen molar-refractivity contribution in [2.45, 2.75) is 6.92 Å². The molecule has 7 nitrogen and oxygen atoms in total. The number of hydrogen-bond donors (Lipinski definition) is 0. The maximum absolute atomic E-state index is 4.65. The van der Waals surface area contributed by atoms with Gasteiger partial charge in [-0.3, -0.25) is 9.67 Å². The fraction of sp³-hybridized carbons (Fsp3) is 0.154. The Bertz CT molecular complexity index is 969. The van der Waals surface area contributed by atoms with Gasteiger partial charge in [-0.2, -0.15) is 14.7 Å². The molecule has 0 atom stereocenters. The molecule has 0 unspecified atom stereocenters. The molecule has 0 spiro atoms. The Balaban J connectivity index is 1.91. The smallest absolute Gasteiger partial charge is 0.235 e. The Morgan fingerprint density at radius 2 is 2.09 bits per heavy atom. The number of pyridine rings is 1. The van der Waals surface area contributed by atoms with Crippen LogP contribution in [-0.2, 0) is 7.05 Å². The summed E-state index contributed by atoms with van der Waals surface area (Å²) < 4.78 is 4.50. The van der Waals surface area contributed by atoms with Crippen LogP contribution in [0.1, 0.15) is 5.69 Å². The average Bonchev–Trinajstić information content (AvgIpc) is 3.14. The SMILES string of the molecule is Cc1nn(C)c(-c2nn3c(-c4cccnc4)nnc3s2)c1Br. The summed E-state index contributed by atoms with van der Waals surface area (Å²) in [4.78, 5) is 4.85. The van der Waals surface area contributed by atoms with Crippen molar-refractivity contribution < 1.29 is 0 Å². The molecule has 0 saturated heterocycles. The molecule has 0 aliphatic rings. The minimum absolute atomic E-state index is 0.681. The van der Waals surface area contributed by atoms with Crippen LogP contribution in [-0.4, -0.2) is 34.6 Å². The van der Waals surface area contributed by atoms with Crippen molar-refractivity contribution in [1.82, 2.24) is 34.6 Å². The highest BCUT2D eigenvalue weighted by atomic mass is 79.9. The van der Waals surface area contributed by atoms with Gasteiger partial charge in [0, 0.05) is 25.0 Å². The van der Waals surface area contributed by atoms with Gasteiger partial charge in [0.1, 0.15) is 5.69 Å². The van der Waals surface area contributed by atoms with Crippen LogP contribution in [0.15, 0.2) is 29.0 Å². The van der Waals surface area contributed by atoms with Gasteiger partial charge in [-0.25, -0.2) is 0 Å². The standard InChI is InChI=1S/C13H10BrN7S/c1-7-9(14)10(20(2)18-7)12-19-21-11(16-17-13(21)22-12)8-4-3-5-15-6-8/h3-6H,1-2H3. The molecular formula is C13H10BrN7S. The maximum Gasteiger partial charge on any atom is 0.235 e. The molecule has 0 aromatic carbocycles. The lowest BCUT2D eigenvalue weighted by Gasteiger charge is -1.97. The largest absolute Gasteiger partial charge is 0.264 e. The molecule has 0 N–H and O–H groups in total. The minimum Gasteiger partial charge on any atom is -0.264 e. The van der Waals surface area contributed by atoms with E-state index in [1.165, 1.54) is 11.3 Å². The lowest BCUT2D eigenvalue weighted by molar-refractivity contribution is 0.761. The second-order valence-electron chi connectivity index (χ2n) is 4.74. The first kappa shape index (κ1) is 13.5. The summed E-state index contributed by atoms with van der Waals surface area (Å²) in [5.41, 5.74) is 2.74. The van der Waals surface area contributed by atoms with E-state index in [-0.39, 0.29) is 0 Å². The molecule has 9 heteroatoms.